The molecule has 0 saturated heterocycles. The summed E-state index contributed by atoms with van der Waals surface area (Å²) in [7, 11) is -1.28. The smallest absolute Gasteiger partial charge is 0.497 e. The van der Waals surface area contributed by atoms with Gasteiger partial charge in [-0.15, -0.1) is 0 Å². The second kappa shape index (κ2) is 9.39. The normalized spacial score (nSPS) is 16.9. The number of ether oxygens (including phenoxy) is 2. The Kier molecular flexibility index (Phi) is 6.06. The van der Waals surface area contributed by atoms with Crippen molar-refractivity contribution in [2.45, 2.75) is 58.8 Å². The highest BCUT2D eigenvalue weighted by molar-refractivity contribution is 7.48. The molecule has 216 valence electrons. The first-order chi connectivity index (χ1) is 20.1. The van der Waals surface area contributed by atoms with Crippen molar-refractivity contribution in [1.29, 1.82) is 0 Å². The van der Waals surface area contributed by atoms with Crippen molar-refractivity contribution in [1.82, 2.24) is 0 Å². The molecule has 1 heterocycles. The van der Waals surface area contributed by atoms with Crippen LogP contribution in [0.25, 0.3) is 22.3 Å². The largest absolute Gasteiger partial charge is 0.584 e. The first-order valence-electron chi connectivity index (χ1n) is 14.4. The minimum Gasteiger partial charge on any atom is -0.497 e. The lowest BCUT2D eigenvalue weighted by Crippen LogP contribution is -2.25. The van der Waals surface area contributed by atoms with Gasteiger partial charge < -0.3 is 18.5 Å². The Morgan fingerprint density at radius 2 is 1.07 bits per heavy atom. The third-order valence-corrected chi connectivity index (χ3v) is 10.3. The maximum absolute atomic E-state index is 14.0. The van der Waals surface area contributed by atoms with Gasteiger partial charge in [-0.25, -0.2) is 4.57 Å². The predicted octanol–water partition coefficient (Wildman–Crippen LogP) is 8.32. The van der Waals surface area contributed by atoms with Crippen molar-refractivity contribution in [2.24, 2.45) is 0 Å². The third-order valence-electron chi connectivity index (χ3n) is 9.52. The lowest BCUT2D eigenvalue weighted by molar-refractivity contribution is 0.281. The standard InChI is InChI=1S/C35H35O6P/c1-19-15-25(38-5)16-20(2)29(19)27-9-7-23-11-13-35-14-12-24-8-10-28(30-21(3)17-26(39-6)18-22(30)4)34(32(24)35)41-42(36,37)40-33(27)31(23)35/h7-10,15-18H,11-14H2,1-6H3,(H,36,37). The Labute approximate surface area is 246 Å². The van der Waals surface area contributed by atoms with Crippen LogP contribution in [0.1, 0.15) is 57.3 Å². The summed E-state index contributed by atoms with van der Waals surface area (Å²) in [4.78, 5) is 11.4. The first kappa shape index (κ1) is 27.1. The fourth-order valence-electron chi connectivity index (χ4n) is 7.92. The van der Waals surface area contributed by atoms with E-state index < -0.39 is 7.82 Å². The van der Waals surface area contributed by atoms with E-state index in [1.54, 1.807) is 14.2 Å². The molecule has 0 unspecified atom stereocenters. The summed E-state index contributed by atoms with van der Waals surface area (Å²) < 4.78 is 37.4. The van der Waals surface area contributed by atoms with Gasteiger partial charge in [0.25, 0.3) is 0 Å². The van der Waals surface area contributed by atoms with E-state index in [1.807, 2.05) is 64.1 Å². The third kappa shape index (κ3) is 3.85. The fourth-order valence-corrected chi connectivity index (χ4v) is 8.80. The van der Waals surface area contributed by atoms with E-state index in [0.717, 1.165) is 92.8 Å². The van der Waals surface area contributed by atoms with Crippen molar-refractivity contribution in [2.75, 3.05) is 14.2 Å². The fraction of sp³-hybridized carbons (Fsp3) is 0.314. The number of phosphoric acid groups is 1. The van der Waals surface area contributed by atoms with Gasteiger partial charge in [-0.3, -0.25) is 4.89 Å². The van der Waals surface area contributed by atoms with Crippen LogP contribution in [0.15, 0.2) is 48.5 Å². The summed E-state index contributed by atoms with van der Waals surface area (Å²) in [5.41, 5.74) is 11.6. The molecule has 0 saturated carbocycles. The molecule has 1 N–H and O–H groups in total. The summed E-state index contributed by atoms with van der Waals surface area (Å²) in [6, 6.07) is 16.4. The summed E-state index contributed by atoms with van der Waals surface area (Å²) in [5.74, 6) is 2.48. The summed E-state index contributed by atoms with van der Waals surface area (Å²) in [6.07, 6.45) is 3.52. The predicted molar refractivity (Wildman–Crippen MR) is 164 cm³/mol. The van der Waals surface area contributed by atoms with Crippen LogP contribution < -0.4 is 18.5 Å². The van der Waals surface area contributed by atoms with Crippen LogP contribution in [0, 0.1) is 27.7 Å². The Hall–Kier alpha value is -3.73. The van der Waals surface area contributed by atoms with E-state index in [1.165, 1.54) is 11.1 Å². The van der Waals surface area contributed by atoms with Gasteiger partial charge in [0.05, 0.1) is 14.2 Å². The monoisotopic (exact) mass is 582 g/mol. The average Bonchev–Trinajstić information content (AvgIpc) is 3.50. The van der Waals surface area contributed by atoms with Gasteiger partial charge >= 0.3 is 7.82 Å². The van der Waals surface area contributed by atoms with Crippen molar-refractivity contribution >= 4 is 7.82 Å². The SMILES string of the molecule is COc1cc(C)c(-c2ccc3c4c2OP(=O)(O)Oc2c(-c5c(C)cc(OC)cc5C)ccc5c2C4(CC3)CC5)c(C)c1. The molecule has 0 amide bonds. The van der Waals surface area contributed by atoms with Crippen molar-refractivity contribution in [3.05, 3.63) is 93.0 Å². The summed E-state index contributed by atoms with van der Waals surface area (Å²) in [5, 5.41) is 0. The summed E-state index contributed by atoms with van der Waals surface area (Å²) >= 11 is 0. The second-order valence-corrected chi connectivity index (χ2v) is 13.3. The lowest BCUT2D eigenvalue weighted by Gasteiger charge is -2.35. The van der Waals surface area contributed by atoms with Gasteiger partial charge in [-0.1, -0.05) is 24.3 Å². The Morgan fingerprint density at radius 3 is 1.43 bits per heavy atom. The molecular formula is C35H35O6P. The van der Waals surface area contributed by atoms with E-state index in [9.17, 15) is 9.46 Å². The molecule has 0 aromatic heterocycles. The van der Waals surface area contributed by atoms with E-state index >= 15 is 0 Å². The van der Waals surface area contributed by atoms with Crippen LogP contribution in [-0.2, 0) is 22.8 Å². The van der Waals surface area contributed by atoms with E-state index in [4.69, 9.17) is 18.5 Å². The van der Waals surface area contributed by atoms with Crippen molar-refractivity contribution < 1.29 is 28.0 Å². The van der Waals surface area contributed by atoms with E-state index in [0.29, 0.717) is 11.5 Å². The minimum absolute atomic E-state index is 0.371. The summed E-state index contributed by atoms with van der Waals surface area (Å²) in [6.45, 7) is 8.14. The Balaban J connectivity index is 1.53. The van der Waals surface area contributed by atoms with Gasteiger partial charge in [0, 0.05) is 27.7 Å². The van der Waals surface area contributed by atoms with Crippen molar-refractivity contribution in [3.8, 4) is 45.3 Å². The van der Waals surface area contributed by atoms with Gasteiger partial charge in [0.15, 0.2) is 0 Å². The second-order valence-electron chi connectivity index (χ2n) is 12.0. The number of phosphoric ester groups is 1. The molecule has 1 spiro atoms. The molecule has 0 radical (unpaired) electrons. The number of hydrogen-bond acceptors (Lipinski definition) is 5. The number of rotatable bonds is 4. The zero-order valence-corrected chi connectivity index (χ0v) is 25.8. The Morgan fingerprint density at radius 1 is 0.690 bits per heavy atom. The van der Waals surface area contributed by atoms with Gasteiger partial charge in [-0.05, 0) is 122 Å². The van der Waals surface area contributed by atoms with Gasteiger partial charge in [0.2, 0.25) is 0 Å². The van der Waals surface area contributed by atoms with Crippen molar-refractivity contribution in [3.63, 3.8) is 0 Å². The highest BCUT2D eigenvalue weighted by Crippen LogP contribution is 2.65. The van der Waals surface area contributed by atoms with E-state index in [2.05, 4.69) is 12.1 Å². The zero-order valence-electron chi connectivity index (χ0n) is 24.9. The number of hydrogen-bond donors (Lipinski definition) is 1. The molecule has 3 aliphatic rings. The molecule has 0 bridgehead atoms. The van der Waals surface area contributed by atoms with Crippen LogP contribution in [0.4, 0.5) is 0 Å². The van der Waals surface area contributed by atoms with Crippen LogP contribution in [-0.4, -0.2) is 19.1 Å². The first-order valence-corrected chi connectivity index (χ1v) is 15.9. The highest BCUT2D eigenvalue weighted by atomic mass is 31.2. The van der Waals surface area contributed by atoms with Crippen LogP contribution in [0.3, 0.4) is 0 Å². The quantitative estimate of drug-likeness (QED) is 0.244. The molecular weight excluding hydrogens is 547 g/mol. The molecule has 42 heavy (non-hydrogen) atoms. The van der Waals surface area contributed by atoms with E-state index in [-0.39, 0.29) is 5.41 Å². The maximum atomic E-state index is 14.0. The average molecular weight is 583 g/mol. The molecule has 4 aromatic carbocycles. The molecule has 7 heteroatoms. The van der Waals surface area contributed by atoms with Gasteiger partial charge in [0.1, 0.15) is 23.0 Å². The molecule has 0 atom stereocenters. The van der Waals surface area contributed by atoms with Crippen LogP contribution >= 0.6 is 7.82 Å². The number of methoxy groups -OCH3 is 2. The zero-order chi connectivity index (χ0) is 29.6. The molecule has 4 aromatic rings. The molecule has 7 rings (SSSR count). The number of benzene rings is 4. The topological polar surface area (TPSA) is 74.2 Å². The van der Waals surface area contributed by atoms with Crippen LogP contribution in [0.2, 0.25) is 0 Å². The number of aryl methyl sites for hydroxylation is 6. The minimum atomic E-state index is -4.60. The molecule has 0 fully saturated rings. The van der Waals surface area contributed by atoms with Crippen LogP contribution in [0.5, 0.6) is 23.0 Å². The highest BCUT2D eigenvalue weighted by Gasteiger charge is 2.52. The lowest BCUT2D eigenvalue weighted by atomic mass is 9.74. The molecule has 1 aliphatic heterocycles. The molecule has 6 nitrogen and oxygen atoms in total. The Bertz CT molecular complexity index is 1680. The molecule has 2 aliphatic carbocycles. The maximum Gasteiger partial charge on any atom is 0.584 e. The van der Waals surface area contributed by atoms with Gasteiger partial charge in [-0.2, -0.15) is 0 Å².